The van der Waals surface area contributed by atoms with Gasteiger partial charge in [0.25, 0.3) is 0 Å². The Hall–Kier alpha value is -1.65. The summed E-state index contributed by atoms with van der Waals surface area (Å²) < 4.78 is 13.0. The van der Waals surface area contributed by atoms with Gasteiger partial charge in [0.1, 0.15) is 5.82 Å². The predicted octanol–water partition coefficient (Wildman–Crippen LogP) is 3.02. The number of amides is 2. The average molecular weight is 251 g/mol. The third kappa shape index (κ3) is 3.68. The first-order valence-electron chi connectivity index (χ1n) is 6.42. The number of carbonyl (C=O) groups excluding carboxylic acids is 1. The standard InChI is InChI=1S/C13H18FN3O/c14-11-8-12(10-15-9-11)16-13(18)17-6-4-2-1-3-5-7-17/h8-10H,1-7H2,(H,16,18). The molecule has 2 heterocycles. The molecule has 2 amide bonds. The van der Waals surface area contributed by atoms with Gasteiger partial charge in [-0.3, -0.25) is 4.98 Å². The molecule has 0 atom stereocenters. The van der Waals surface area contributed by atoms with E-state index in [-0.39, 0.29) is 6.03 Å². The molecule has 1 fully saturated rings. The van der Waals surface area contributed by atoms with Gasteiger partial charge >= 0.3 is 6.03 Å². The van der Waals surface area contributed by atoms with Crippen molar-refractivity contribution < 1.29 is 9.18 Å². The first-order valence-corrected chi connectivity index (χ1v) is 6.42. The summed E-state index contributed by atoms with van der Waals surface area (Å²) in [5, 5.41) is 2.69. The molecule has 0 saturated carbocycles. The van der Waals surface area contributed by atoms with Gasteiger partial charge in [-0.1, -0.05) is 19.3 Å². The van der Waals surface area contributed by atoms with Crippen molar-refractivity contribution in [1.82, 2.24) is 9.88 Å². The molecule has 0 radical (unpaired) electrons. The average Bonchev–Trinajstić information content (AvgIpc) is 2.28. The van der Waals surface area contributed by atoms with E-state index < -0.39 is 5.82 Å². The Labute approximate surface area is 106 Å². The lowest BCUT2D eigenvalue weighted by molar-refractivity contribution is 0.206. The highest BCUT2D eigenvalue weighted by molar-refractivity contribution is 5.89. The summed E-state index contributed by atoms with van der Waals surface area (Å²) in [5.41, 5.74) is 0.405. The zero-order valence-corrected chi connectivity index (χ0v) is 10.4. The molecule has 1 saturated heterocycles. The van der Waals surface area contributed by atoms with Crippen molar-refractivity contribution in [1.29, 1.82) is 0 Å². The number of nitrogens with one attached hydrogen (secondary N) is 1. The highest BCUT2D eigenvalue weighted by Crippen LogP contribution is 2.13. The third-order valence-corrected chi connectivity index (χ3v) is 3.10. The Kier molecular flexibility index (Phi) is 4.50. The Morgan fingerprint density at radius 2 is 1.83 bits per heavy atom. The molecule has 1 aliphatic rings. The first-order chi connectivity index (χ1) is 8.75. The monoisotopic (exact) mass is 251 g/mol. The van der Waals surface area contributed by atoms with E-state index in [1.165, 1.54) is 31.5 Å². The van der Waals surface area contributed by atoms with E-state index in [1.807, 2.05) is 0 Å². The number of anilines is 1. The van der Waals surface area contributed by atoms with E-state index in [1.54, 1.807) is 4.90 Å². The quantitative estimate of drug-likeness (QED) is 0.833. The van der Waals surface area contributed by atoms with Crippen LogP contribution in [0.1, 0.15) is 32.1 Å². The Bertz CT molecular complexity index is 403. The van der Waals surface area contributed by atoms with Crippen molar-refractivity contribution in [3.8, 4) is 0 Å². The van der Waals surface area contributed by atoms with Gasteiger partial charge in [0.05, 0.1) is 18.1 Å². The smallest absolute Gasteiger partial charge is 0.321 e. The number of pyridine rings is 1. The van der Waals surface area contributed by atoms with Gasteiger partial charge in [0.15, 0.2) is 0 Å². The summed E-state index contributed by atoms with van der Waals surface area (Å²) in [5.74, 6) is -0.444. The zero-order valence-electron chi connectivity index (χ0n) is 10.4. The van der Waals surface area contributed by atoms with Crippen molar-refractivity contribution in [3.63, 3.8) is 0 Å². The molecule has 1 aromatic rings. The van der Waals surface area contributed by atoms with Crippen LogP contribution in [0.25, 0.3) is 0 Å². The number of halogens is 1. The van der Waals surface area contributed by atoms with E-state index in [4.69, 9.17) is 0 Å². The van der Waals surface area contributed by atoms with Gasteiger partial charge in [-0.15, -0.1) is 0 Å². The van der Waals surface area contributed by atoms with E-state index in [0.717, 1.165) is 32.1 Å². The number of carbonyl (C=O) groups is 1. The zero-order chi connectivity index (χ0) is 12.8. The van der Waals surface area contributed by atoms with Crippen molar-refractivity contribution in [3.05, 3.63) is 24.3 Å². The summed E-state index contributed by atoms with van der Waals surface area (Å²) in [6.07, 6.45) is 8.24. The van der Waals surface area contributed by atoms with Crippen LogP contribution < -0.4 is 5.32 Å². The summed E-state index contributed by atoms with van der Waals surface area (Å²) >= 11 is 0. The molecule has 18 heavy (non-hydrogen) atoms. The molecule has 0 unspecified atom stereocenters. The number of hydrogen-bond donors (Lipinski definition) is 1. The van der Waals surface area contributed by atoms with Gasteiger partial charge in [0, 0.05) is 19.2 Å². The highest BCUT2D eigenvalue weighted by Gasteiger charge is 2.14. The number of urea groups is 1. The highest BCUT2D eigenvalue weighted by atomic mass is 19.1. The minimum absolute atomic E-state index is 0.163. The summed E-state index contributed by atoms with van der Waals surface area (Å²) in [6, 6.07) is 1.11. The van der Waals surface area contributed by atoms with E-state index in [0.29, 0.717) is 5.69 Å². The van der Waals surface area contributed by atoms with Crippen molar-refractivity contribution in [2.24, 2.45) is 0 Å². The number of nitrogens with zero attached hydrogens (tertiary/aromatic N) is 2. The second-order valence-electron chi connectivity index (χ2n) is 4.58. The molecule has 1 N–H and O–H groups in total. The van der Waals surface area contributed by atoms with E-state index >= 15 is 0 Å². The fourth-order valence-electron chi connectivity index (χ4n) is 2.13. The number of hydrogen-bond acceptors (Lipinski definition) is 2. The van der Waals surface area contributed by atoms with Crippen LogP contribution >= 0.6 is 0 Å². The summed E-state index contributed by atoms with van der Waals surface area (Å²) in [4.78, 5) is 17.5. The molecule has 0 spiro atoms. The lowest BCUT2D eigenvalue weighted by Gasteiger charge is -2.24. The fraction of sp³-hybridized carbons (Fsp3) is 0.538. The van der Waals surface area contributed by atoms with Crippen LogP contribution in [0.3, 0.4) is 0 Å². The van der Waals surface area contributed by atoms with Gasteiger partial charge in [0.2, 0.25) is 0 Å². The molecule has 5 heteroatoms. The van der Waals surface area contributed by atoms with Crippen LogP contribution in [-0.4, -0.2) is 29.0 Å². The molecule has 2 rings (SSSR count). The topological polar surface area (TPSA) is 45.2 Å². The minimum Gasteiger partial charge on any atom is -0.325 e. The van der Waals surface area contributed by atoms with Crippen LogP contribution in [0.2, 0.25) is 0 Å². The molecule has 98 valence electrons. The Morgan fingerprint density at radius 1 is 1.17 bits per heavy atom. The molecule has 0 aliphatic carbocycles. The van der Waals surface area contributed by atoms with Crippen LogP contribution in [0, 0.1) is 5.82 Å². The summed E-state index contributed by atoms with van der Waals surface area (Å²) in [6.45, 7) is 1.54. The molecule has 1 aromatic heterocycles. The molecular formula is C13H18FN3O. The van der Waals surface area contributed by atoms with Crippen LogP contribution in [-0.2, 0) is 0 Å². The second-order valence-corrected chi connectivity index (χ2v) is 4.58. The maximum Gasteiger partial charge on any atom is 0.321 e. The van der Waals surface area contributed by atoms with E-state index in [2.05, 4.69) is 10.3 Å². The number of likely N-dealkylation sites (tertiary alicyclic amines) is 1. The predicted molar refractivity (Wildman–Crippen MR) is 67.9 cm³/mol. The largest absolute Gasteiger partial charge is 0.325 e. The second kappa shape index (κ2) is 6.33. The van der Waals surface area contributed by atoms with Crippen LogP contribution in [0.4, 0.5) is 14.9 Å². The van der Waals surface area contributed by atoms with Crippen LogP contribution in [0.15, 0.2) is 18.5 Å². The van der Waals surface area contributed by atoms with Gasteiger partial charge in [-0.05, 0) is 12.8 Å². The molecule has 1 aliphatic heterocycles. The minimum atomic E-state index is -0.444. The van der Waals surface area contributed by atoms with Crippen molar-refractivity contribution in [2.75, 3.05) is 18.4 Å². The van der Waals surface area contributed by atoms with Gasteiger partial charge < -0.3 is 10.2 Å². The Balaban J connectivity index is 1.93. The number of aromatic nitrogens is 1. The van der Waals surface area contributed by atoms with Crippen molar-refractivity contribution >= 4 is 11.7 Å². The lowest BCUT2D eigenvalue weighted by atomic mass is 10.1. The lowest BCUT2D eigenvalue weighted by Crippen LogP contribution is -2.37. The number of rotatable bonds is 1. The Morgan fingerprint density at radius 3 is 2.50 bits per heavy atom. The molecule has 4 nitrogen and oxygen atoms in total. The van der Waals surface area contributed by atoms with Gasteiger partial charge in [-0.2, -0.15) is 0 Å². The maximum absolute atomic E-state index is 13.0. The first kappa shape index (κ1) is 12.8. The van der Waals surface area contributed by atoms with Gasteiger partial charge in [-0.25, -0.2) is 9.18 Å². The third-order valence-electron chi connectivity index (χ3n) is 3.10. The SMILES string of the molecule is O=C(Nc1cncc(F)c1)N1CCCCCCC1. The fourth-order valence-corrected chi connectivity index (χ4v) is 2.13. The van der Waals surface area contributed by atoms with Crippen molar-refractivity contribution in [2.45, 2.75) is 32.1 Å². The molecular weight excluding hydrogens is 233 g/mol. The molecule has 0 bridgehead atoms. The van der Waals surface area contributed by atoms with Crippen LogP contribution in [0.5, 0.6) is 0 Å². The molecule has 0 aromatic carbocycles. The normalized spacial score (nSPS) is 16.8. The van der Waals surface area contributed by atoms with E-state index in [9.17, 15) is 9.18 Å². The maximum atomic E-state index is 13.0. The summed E-state index contributed by atoms with van der Waals surface area (Å²) in [7, 11) is 0.